The summed E-state index contributed by atoms with van der Waals surface area (Å²) in [6.45, 7) is 6.79. The van der Waals surface area contributed by atoms with Gasteiger partial charge in [-0.3, -0.25) is 0 Å². The molecule has 0 fully saturated rings. The highest BCUT2D eigenvalue weighted by atomic mass is 15.1. The zero-order valence-corrected chi connectivity index (χ0v) is 7.31. The van der Waals surface area contributed by atoms with E-state index >= 15 is 0 Å². The average Bonchev–Trinajstić information content (AvgIpc) is 1.63. The zero-order valence-electron chi connectivity index (χ0n) is 7.31. The molecule has 1 nitrogen and oxygen atoms in total. The van der Waals surface area contributed by atoms with Gasteiger partial charge in [0.1, 0.15) is 0 Å². The van der Waals surface area contributed by atoms with Crippen LogP contribution in [0.3, 0.4) is 0 Å². The minimum atomic E-state index is 0.727. The van der Waals surface area contributed by atoms with Crippen LogP contribution in [0.5, 0.6) is 0 Å². The van der Waals surface area contributed by atoms with Crippen LogP contribution in [-0.4, -0.2) is 25.0 Å². The van der Waals surface area contributed by atoms with Crippen molar-refractivity contribution >= 4 is 0 Å². The molecule has 0 spiro atoms. The molecule has 1 atom stereocenters. The van der Waals surface area contributed by atoms with E-state index in [0.29, 0.717) is 0 Å². The first-order valence-electron chi connectivity index (χ1n) is 3.70. The van der Waals surface area contributed by atoms with Gasteiger partial charge in [0.25, 0.3) is 0 Å². The number of hydrogen-bond donors (Lipinski definition) is 0. The van der Waals surface area contributed by atoms with Gasteiger partial charge >= 0.3 is 0 Å². The molecule has 0 aromatic heterocycles. The Morgan fingerprint density at radius 3 is 1.67 bits per heavy atom. The second-order valence-corrected chi connectivity index (χ2v) is 3.44. The summed E-state index contributed by atoms with van der Waals surface area (Å²) in [5, 5.41) is 0. The monoisotopic (exact) mass is 129 g/mol. The van der Waals surface area contributed by atoms with Gasteiger partial charge in [0.2, 0.25) is 0 Å². The molecule has 1 heteroatoms. The predicted octanol–water partition coefficient (Wildman–Crippen LogP) is 1.98. The predicted molar refractivity (Wildman–Crippen MR) is 42.6 cm³/mol. The summed E-state index contributed by atoms with van der Waals surface area (Å²) in [7, 11) is 4.26. The second-order valence-electron chi connectivity index (χ2n) is 3.44. The average molecular weight is 129 g/mol. The molecule has 0 bridgehead atoms. The Labute approximate surface area is 59.1 Å². The third-order valence-corrected chi connectivity index (χ3v) is 1.69. The van der Waals surface area contributed by atoms with Gasteiger partial charge in [-0.15, -0.1) is 0 Å². The number of hydrogen-bond acceptors (Lipinski definition) is 1. The molecule has 56 valence electrons. The number of rotatable bonds is 3. The molecule has 0 N–H and O–H groups in total. The third kappa shape index (κ3) is 4.46. The van der Waals surface area contributed by atoms with Gasteiger partial charge in [0.15, 0.2) is 0 Å². The first-order chi connectivity index (χ1) is 4.04. The van der Waals surface area contributed by atoms with Crippen LogP contribution in [0.25, 0.3) is 0 Å². The maximum Gasteiger partial charge on any atom is 0.00632 e. The maximum atomic E-state index is 2.26. The van der Waals surface area contributed by atoms with Crippen molar-refractivity contribution < 1.29 is 0 Å². The second kappa shape index (κ2) is 3.89. The standard InChI is InChI=1S/C8H19N/c1-7(2)6-8(3)9(4)5/h7-8H,6H2,1-5H3/t8-/m0/s1. The Hall–Kier alpha value is -0.0400. The first-order valence-corrected chi connectivity index (χ1v) is 3.70. The van der Waals surface area contributed by atoms with Crippen molar-refractivity contribution in [3.63, 3.8) is 0 Å². The molecule has 0 saturated carbocycles. The molecule has 0 aliphatic carbocycles. The largest absolute Gasteiger partial charge is 0.307 e. The van der Waals surface area contributed by atoms with Gasteiger partial charge in [-0.05, 0) is 33.4 Å². The molecular weight excluding hydrogens is 110 g/mol. The van der Waals surface area contributed by atoms with Crippen molar-refractivity contribution in [2.24, 2.45) is 5.92 Å². The lowest BCUT2D eigenvalue weighted by Gasteiger charge is -2.21. The van der Waals surface area contributed by atoms with E-state index in [9.17, 15) is 0 Å². The normalized spacial score (nSPS) is 15.0. The van der Waals surface area contributed by atoms with Crippen LogP contribution in [0, 0.1) is 5.92 Å². The fourth-order valence-electron chi connectivity index (χ4n) is 0.893. The van der Waals surface area contributed by atoms with Crippen molar-refractivity contribution in [3.8, 4) is 0 Å². The molecule has 0 aromatic carbocycles. The van der Waals surface area contributed by atoms with Gasteiger partial charge < -0.3 is 4.90 Å². The summed E-state index contributed by atoms with van der Waals surface area (Å²) in [4.78, 5) is 2.26. The fraction of sp³-hybridized carbons (Fsp3) is 1.00. The summed E-state index contributed by atoms with van der Waals surface area (Å²) in [5.41, 5.74) is 0. The molecule has 0 saturated heterocycles. The quantitative estimate of drug-likeness (QED) is 0.563. The molecule has 9 heavy (non-hydrogen) atoms. The minimum Gasteiger partial charge on any atom is -0.307 e. The molecule has 0 aliphatic heterocycles. The van der Waals surface area contributed by atoms with Crippen molar-refractivity contribution in [1.29, 1.82) is 0 Å². The van der Waals surface area contributed by atoms with Crippen molar-refractivity contribution in [2.75, 3.05) is 14.1 Å². The van der Waals surface area contributed by atoms with E-state index in [-0.39, 0.29) is 0 Å². The highest BCUT2D eigenvalue weighted by molar-refractivity contribution is 4.60. The Morgan fingerprint density at radius 2 is 1.56 bits per heavy atom. The first kappa shape index (κ1) is 8.96. The zero-order chi connectivity index (χ0) is 7.44. The topological polar surface area (TPSA) is 3.24 Å². The van der Waals surface area contributed by atoms with Crippen molar-refractivity contribution in [3.05, 3.63) is 0 Å². The van der Waals surface area contributed by atoms with Gasteiger partial charge in [0.05, 0.1) is 0 Å². The van der Waals surface area contributed by atoms with E-state index in [1.165, 1.54) is 6.42 Å². The van der Waals surface area contributed by atoms with E-state index < -0.39 is 0 Å². The Bertz CT molecular complexity index is 67.0. The summed E-state index contributed by atoms with van der Waals surface area (Å²) < 4.78 is 0. The Balaban J connectivity index is 3.38. The van der Waals surface area contributed by atoms with Crippen LogP contribution in [-0.2, 0) is 0 Å². The molecule has 0 aliphatic rings. The summed E-state index contributed by atoms with van der Waals surface area (Å²) in [6, 6.07) is 0.727. The van der Waals surface area contributed by atoms with Crippen LogP contribution >= 0.6 is 0 Å². The molecule has 0 aromatic rings. The number of nitrogens with zero attached hydrogens (tertiary/aromatic N) is 1. The maximum absolute atomic E-state index is 2.26. The summed E-state index contributed by atoms with van der Waals surface area (Å²) in [5.74, 6) is 0.822. The molecule has 0 unspecified atom stereocenters. The Kier molecular flexibility index (Phi) is 3.87. The highest BCUT2D eigenvalue weighted by Crippen LogP contribution is 2.06. The summed E-state index contributed by atoms with van der Waals surface area (Å²) >= 11 is 0. The minimum absolute atomic E-state index is 0.727. The molecule has 0 radical (unpaired) electrons. The van der Waals surface area contributed by atoms with E-state index in [2.05, 4.69) is 39.8 Å². The van der Waals surface area contributed by atoms with E-state index in [1.54, 1.807) is 0 Å². The van der Waals surface area contributed by atoms with E-state index in [0.717, 1.165) is 12.0 Å². The van der Waals surface area contributed by atoms with Crippen LogP contribution in [0.4, 0.5) is 0 Å². The lowest BCUT2D eigenvalue weighted by molar-refractivity contribution is 0.274. The van der Waals surface area contributed by atoms with Gasteiger partial charge in [-0.25, -0.2) is 0 Å². The van der Waals surface area contributed by atoms with E-state index in [1.807, 2.05) is 0 Å². The molecular formula is C8H19N. The lowest BCUT2D eigenvalue weighted by atomic mass is 10.1. The van der Waals surface area contributed by atoms with Crippen LogP contribution in [0.2, 0.25) is 0 Å². The van der Waals surface area contributed by atoms with Gasteiger partial charge in [-0.2, -0.15) is 0 Å². The smallest absolute Gasteiger partial charge is 0.00632 e. The molecule has 0 heterocycles. The SMILES string of the molecule is CC(C)C[C@H](C)N(C)C. The molecule has 0 amide bonds. The van der Waals surface area contributed by atoms with Gasteiger partial charge in [0, 0.05) is 6.04 Å². The van der Waals surface area contributed by atoms with Gasteiger partial charge in [-0.1, -0.05) is 13.8 Å². The van der Waals surface area contributed by atoms with Crippen LogP contribution in [0.15, 0.2) is 0 Å². The highest BCUT2D eigenvalue weighted by Gasteiger charge is 2.05. The molecule has 0 rings (SSSR count). The summed E-state index contributed by atoms with van der Waals surface area (Å²) in [6.07, 6.45) is 1.30. The van der Waals surface area contributed by atoms with E-state index in [4.69, 9.17) is 0 Å². The third-order valence-electron chi connectivity index (χ3n) is 1.69. The van der Waals surface area contributed by atoms with Crippen molar-refractivity contribution in [2.45, 2.75) is 33.2 Å². The van der Waals surface area contributed by atoms with Crippen LogP contribution in [0.1, 0.15) is 27.2 Å². The van der Waals surface area contributed by atoms with Crippen molar-refractivity contribution in [1.82, 2.24) is 4.90 Å². The lowest BCUT2D eigenvalue weighted by Crippen LogP contribution is -2.25. The fourth-order valence-corrected chi connectivity index (χ4v) is 0.893. The Morgan fingerprint density at radius 1 is 1.11 bits per heavy atom. The van der Waals surface area contributed by atoms with Crippen LogP contribution < -0.4 is 0 Å².